The molecule has 146 valence electrons. The van der Waals surface area contributed by atoms with E-state index in [-0.39, 0.29) is 0 Å². The molecular weight excluding hydrogens is 350 g/mol. The van der Waals surface area contributed by atoms with Crippen LogP contribution in [0.25, 0.3) is 5.69 Å². The number of aromatic nitrogens is 4. The highest BCUT2D eigenvalue weighted by Crippen LogP contribution is 2.26. The molecule has 1 fully saturated rings. The monoisotopic (exact) mass is 377 g/mol. The molecule has 3 aromatic rings. The average Bonchev–Trinajstić information content (AvgIpc) is 3.14. The van der Waals surface area contributed by atoms with Gasteiger partial charge in [-0.25, -0.2) is 15.0 Å². The molecule has 3 heterocycles. The van der Waals surface area contributed by atoms with Crippen LogP contribution in [0.4, 0.5) is 5.82 Å². The summed E-state index contributed by atoms with van der Waals surface area (Å²) in [5.41, 5.74) is 4.10. The van der Waals surface area contributed by atoms with Crippen LogP contribution in [-0.2, 0) is 6.42 Å². The third kappa shape index (κ3) is 4.01. The van der Waals surface area contributed by atoms with Gasteiger partial charge in [-0.1, -0.05) is 6.07 Å². The van der Waals surface area contributed by atoms with E-state index in [1.807, 2.05) is 24.6 Å². The predicted octanol–water partition coefficient (Wildman–Crippen LogP) is 3.87. The van der Waals surface area contributed by atoms with E-state index in [9.17, 15) is 0 Å². The summed E-state index contributed by atoms with van der Waals surface area (Å²) in [6.45, 7) is 6.20. The van der Waals surface area contributed by atoms with Gasteiger partial charge in [0.15, 0.2) is 0 Å². The van der Waals surface area contributed by atoms with Crippen molar-refractivity contribution < 1.29 is 4.74 Å². The van der Waals surface area contributed by atoms with Gasteiger partial charge in [0.1, 0.15) is 17.4 Å². The number of methoxy groups -OCH3 is 1. The van der Waals surface area contributed by atoms with Crippen LogP contribution in [0.15, 0.2) is 36.8 Å². The maximum atomic E-state index is 5.63. The first-order chi connectivity index (χ1) is 13.6. The molecule has 1 aliphatic rings. The van der Waals surface area contributed by atoms with E-state index in [2.05, 4.69) is 39.1 Å². The highest BCUT2D eigenvalue weighted by atomic mass is 16.5. The highest BCUT2D eigenvalue weighted by molar-refractivity contribution is 5.50. The number of hydrogen-bond donors (Lipinski definition) is 0. The summed E-state index contributed by atoms with van der Waals surface area (Å²) in [5.74, 6) is 2.73. The van der Waals surface area contributed by atoms with Crippen molar-refractivity contribution in [1.29, 1.82) is 0 Å². The van der Waals surface area contributed by atoms with Crippen molar-refractivity contribution in [1.82, 2.24) is 19.5 Å². The van der Waals surface area contributed by atoms with Crippen LogP contribution < -0.4 is 9.64 Å². The molecule has 0 amide bonds. The lowest BCUT2D eigenvalue weighted by Gasteiger charge is -2.28. The Morgan fingerprint density at radius 3 is 2.54 bits per heavy atom. The van der Waals surface area contributed by atoms with Crippen LogP contribution in [0.2, 0.25) is 0 Å². The average molecular weight is 377 g/mol. The Bertz CT molecular complexity index is 959. The highest BCUT2D eigenvalue weighted by Gasteiger charge is 2.15. The third-order valence-electron chi connectivity index (χ3n) is 5.16. The minimum atomic E-state index is 0.683. The van der Waals surface area contributed by atoms with Crippen molar-refractivity contribution in [3.63, 3.8) is 0 Å². The van der Waals surface area contributed by atoms with Crippen LogP contribution in [0.5, 0.6) is 5.75 Å². The Morgan fingerprint density at radius 1 is 1.00 bits per heavy atom. The minimum Gasteiger partial charge on any atom is -0.495 e. The zero-order valence-electron chi connectivity index (χ0n) is 16.9. The van der Waals surface area contributed by atoms with E-state index in [1.54, 1.807) is 13.4 Å². The zero-order chi connectivity index (χ0) is 19.5. The number of hydrogen-bond acceptors (Lipinski definition) is 5. The van der Waals surface area contributed by atoms with Crippen molar-refractivity contribution in [2.24, 2.45) is 0 Å². The lowest BCUT2D eigenvalue weighted by molar-refractivity contribution is 0.412. The molecule has 6 nitrogen and oxygen atoms in total. The number of nitrogens with zero attached hydrogens (tertiary/aromatic N) is 5. The Kier molecular flexibility index (Phi) is 5.28. The van der Waals surface area contributed by atoms with Gasteiger partial charge in [0.2, 0.25) is 0 Å². The molecule has 0 unspecified atom stereocenters. The standard InChI is InChI=1S/C22H27N5O/c1-16-11-22(26-9-5-4-6-10-26)25-21(24-16)13-18-7-8-19(20(12-18)28-3)27-14-17(2)23-15-27/h7-8,11-12,14-15H,4-6,9-10,13H2,1-3H3. The summed E-state index contributed by atoms with van der Waals surface area (Å²) >= 11 is 0. The second-order valence-electron chi connectivity index (χ2n) is 7.44. The molecule has 0 atom stereocenters. The van der Waals surface area contributed by atoms with Crippen molar-refractivity contribution in [2.75, 3.05) is 25.1 Å². The Morgan fingerprint density at radius 2 is 1.82 bits per heavy atom. The van der Waals surface area contributed by atoms with Gasteiger partial charge < -0.3 is 14.2 Å². The molecule has 0 N–H and O–H groups in total. The summed E-state index contributed by atoms with van der Waals surface area (Å²) in [4.78, 5) is 16.2. The topological polar surface area (TPSA) is 56.1 Å². The first-order valence-electron chi connectivity index (χ1n) is 9.90. The molecule has 6 heteroatoms. The predicted molar refractivity (Wildman–Crippen MR) is 110 cm³/mol. The number of imidazole rings is 1. The van der Waals surface area contributed by atoms with Crippen LogP contribution in [0.3, 0.4) is 0 Å². The Hall–Kier alpha value is -2.89. The SMILES string of the molecule is COc1cc(Cc2nc(C)cc(N3CCCCC3)n2)ccc1-n1cnc(C)c1. The maximum Gasteiger partial charge on any atom is 0.143 e. The molecule has 2 aromatic heterocycles. The van der Waals surface area contributed by atoms with Crippen LogP contribution in [-0.4, -0.2) is 39.7 Å². The molecule has 1 saturated heterocycles. The second-order valence-corrected chi connectivity index (χ2v) is 7.44. The van der Waals surface area contributed by atoms with E-state index in [0.29, 0.717) is 6.42 Å². The number of rotatable bonds is 5. The van der Waals surface area contributed by atoms with Gasteiger partial charge in [-0.3, -0.25) is 0 Å². The van der Waals surface area contributed by atoms with Gasteiger partial charge in [-0.2, -0.15) is 0 Å². The van der Waals surface area contributed by atoms with Crippen molar-refractivity contribution in [3.8, 4) is 11.4 Å². The fourth-order valence-electron chi connectivity index (χ4n) is 3.76. The second kappa shape index (κ2) is 8.00. The van der Waals surface area contributed by atoms with Crippen LogP contribution >= 0.6 is 0 Å². The smallest absolute Gasteiger partial charge is 0.143 e. The van der Waals surface area contributed by atoms with Crippen LogP contribution in [0.1, 0.15) is 42.0 Å². The number of ether oxygens (including phenoxy) is 1. The van der Waals surface area contributed by atoms with Crippen molar-refractivity contribution in [2.45, 2.75) is 39.5 Å². The van der Waals surface area contributed by atoms with E-state index in [1.165, 1.54) is 19.3 Å². The lowest BCUT2D eigenvalue weighted by Crippen LogP contribution is -2.30. The molecule has 0 radical (unpaired) electrons. The van der Waals surface area contributed by atoms with E-state index in [4.69, 9.17) is 9.72 Å². The number of piperidine rings is 1. The Balaban J connectivity index is 1.59. The fourth-order valence-corrected chi connectivity index (χ4v) is 3.76. The lowest BCUT2D eigenvalue weighted by atomic mass is 10.1. The molecular formula is C22H27N5O. The number of benzene rings is 1. The van der Waals surface area contributed by atoms with E-state index in [0.717, 1.165) is 53.1 Å². The van der Waals surface area contributed by atoms with Gasteiger partial charge in [0.05, 0.1) is 24.8 Å². The molecule has 28 heavy (non-hydrogen) atoms. The fraction of sp³-hybridized carbons (Fsp3) is 0.409. The normalized spacial score (nSPS) is 14.3. The first kappa shape index (κ1) is 18.5. The van der Waals surface area contributed by atoms with E-state index >= 15 is 0 Å². The Labute approximate surface area is 166 Å². The molecule has 4 rings (SSSR count). The molecule has 1 aromatic carbocycles. The summed E-state index contributed by atoms with van der Waals surface area (Å²) in [6, 6.07) is 8.34. The minimum absolute atomic E-state index is 0.683. The summed E-state index contributed by atoms with van der Waals surface area (Å²) < 4.78 is 7.61. The molecule has 0 bridgehead atoms. The van der Waals surface area contributed by atoms with Gasteiger partial charge >= 0.3 is 0 Å². The molecule has 0 aliphatic carbocycles. The van der Waals surface area contributed by atoms with Gasteiger partial charge in [0, 0.05) is 37.5 Å². The van der Waals surface area contributed by atoms with Crippen molar-refractivity contribution >= 4 is 5.82 Å². The van der Waals surface area contributed by atoms with Crippen LogP contribution in [0, 0.1) is 13.8 Å². The summed E-state index contributed by atoms with van der Waals surface area (Å²) in [6.07, 6.45) is 8.28. The van der Waals surface area contributed by atoms with Crippen molar-refractivity contribution in [3.05, 3.63) is 59.6 Å². The molecule has 0 saturated carbocycles. The van der Waals surface area contributed by atoms with Gasteiger partial charge in [0.25, 0.3) is 0 Å². The summed E-state index contributed by atoms with van der Waals surface area (Å²) in [7, 11) is 1.70. The third-order valence-corrected chi connectivity index (χ3v) is 5.16. The maximum absolute atomic E-state index is 5.63. The largest absolute Gasteiger partial charge is 0.495 e. The van der Waals surface area contributed by atoms with Gasteiger partial charge in [-0.05, 0) is 50.8 Å². The number of aryl methyl sites for hydroxylation is 2. The quantitative estimate of drug-likeness (QED) is 0.676. The first-order valence-corrected chi connectivity index (χ1v) is 9.90. The van der Waals surface area contributed by atoms with Gasteiger partial charge in [-0.15, -0.1) is 0 Å². The molecule has 0 spiro atoms. The number of anilines is 1. The molecule has 1 aliphatic heterocycles. The van der Waals surface area contributed by atoms with E-state index < -0.39 is 0 Å². The zero-order valence-corrected chi connectivity index (χ0v) is 16.9. The summed E-state index contributed by atoms with van der Waals surface area (Å²) in [5, 5.41) is 0.